The predicted molar refractivity (Wildman–Crippen MR) is 90.6 cm³/mol. The maximum atomic E-state index is 11.5. The van der Waals surface area contributed by atoms with Gasteiger partial charge >= 0.3 is 0 Å². The summed E-state index contributed by atoms with van der Waals surface area (Å²) in [5.74, 6) is 5.54. The second-order valence-corrected chi connectivity index (χ2v) is 8.24. The van der Waals surface area contributed by atoms with Gasteiger partial charge in [0.2, 0.25) is 5.91 Å². The summed E-state index contributed by atoms with van der Waals surface area (Å²) in [6.45, 7) is 11.2. The van der Waals surface area contributed by atoms with Gasteiger partial charge in [0.25, 0.3) is 0 Å². The molecular formula is C17H30N4O. The monoisotopic (exact) mass is 306 g/mol. The summed E-state index contributed by atoms with van der Waals surface area (Å²) in [6.07, 6.45) is 7.33. The Labute approximate surface area is 133 Å². The minimum Gasteiger partial charge on any atom is -0.307 e. The van der Waals surface area contributed by atoms with Crippen molar-refractivity contribution in [3.63, 3.8) is 0 Å². The van der Waals surface area contributed by atoms with Crippen molar-refractivity contribution in [1.82, 2.24) is 10.7 Å². The average Bonchev–Trinajstić information content (AvgIpc) is 2.75. The van der Waals surface area contributed by atoms with E-state index in [-0.39, 0.29) is 22.5 Å². The summed E-state index contributed by atoms with van der Waals surface area (Å²) < 4.78 is 0. The number of nitrogens with zero attached hydrogens (tertiary/aromatic N) is 1. The van der Waals surface area contributed by atoms with Crippen molar-refractivity contribution in [2.45, 2.75) is 76.9 Å². The second-order valence-electron chi connectivity index (χ2n) is 8.24. The molecule has 0 bridgehead atoms. The van der Waals surface area contributed by atoms with E-state index in [0.29, 0.717) is 18.8 Å². The number of piperidine rings is 1. The predicted octanol–water partition coefficient (Wildman–Crippen LogP) is 2.08. The van der Waals surface area contributed by atoms with Gasteiger partial charge in [-0.05, 0) is 71.4 Å². The van der Waals surface area contributed by atoms with Crippen LogP contribution in [0, 0.1) is 5.92 Å². The Bertz CT molecular complexity index is 491. The molecule has 0 spiro atoms. The van der Waals surface area contributed by atoms with Gasteiger partial charge in [-0.1, -0.05) is 0 Å². The second kappa shape index (κ2) is 5.78. The number of carbonyl (C=O) groups excluding carboxylic acids is 1. The van der Waals surface area contributed by atoms with Crippen molar-refractivity contribution in [3.8, 4) is 0 Å². The van der Waals surface area contributed by atoms with Gasteiger partial charge in [-0.3, -0.25) is 15.2 Å². The van der Waals surface area contributed by atoms with Crippen molar-refractivity contribution in [3.05, 3.63) is 11.6 Å². The minimum atomic E-state index is -0.277. The molecule has 1 unspecified atom stereocenters. The average molecular weight is 306 g/mol. The van der Waals surface area contributed by atoms with Gasteiger partial charge in [-0.15, -0.1) is 0 Å². The highest BCUT2D eigenvalue weighted by molar-refractivity contribution is 5.79. The van der Waals surface area contributed by atoms with E-state index in [4.69, 9.17) is 5.84 Å². The molecule has 22 heavy (non-hydrogen) atoms. The quantitative estimate of drug-likeness (QED) is 0.423. The molecule has 2 aliphatic heterocycles. The van der Waals surface area contributed by atoms with Crippen molar-refractivity contribution >= 4 is 12.1 Å². The lowest BCUT2D eigenvalue weighted by Crippen LogP contribution is -2.58. The lowest BCUT2D eigenvalue weighted by atomic mass is 9.68. The zero-order valence-corrected chi connectivity index (χ0v) is 14.5. The number of nitrogens with two attached hydrogens (primary N) is 1. The molecule has 2 aliphatic rings. The zero-order valence-electron chi connectivity index (χ0n) is 14.5. The van der Waals surface area contributed by atoms with E-state index >= 15 is 0 Å². The van der Waals surface area contributed by atoms with E-state index in [9.17, 15) is 4.79 Å². The number of rotatable bonds is 4. The molecule has 0 aromatic rings. The van der Waals surface area contributed by atoms with E-state index < -0.39 is 0 Å². The maximum Gasteiger partial charge on any atom is 0.233 e. The summed E-state index contributed by atoms with van der Waals surface area (Å²) >= 11 is 0. The third-order valence-corrected chi connectivity index (χ3v) is 4.87. The van der Waals surface area contributed by atoms with Crippen LogP contribution >= 0.6 is 0 Å². The van der Waals surface area contributed by atoms with E-state index in [2.05, 4.69) is 56.4 Å². The highest BCUT2D eigenvalue weighted by atomic mass is 16.2. The Balaban J connectivity index is 2.15. The Morgan fingerprint density at radius 1 is 1.32 bits per heavy atom. The van der Waals surface area contributed by atoms with Crippen LogP contribution in [0.1, 0.15) is 60.3 Å². The van der Waals surface area contributed by atoms with Crippen LogP contribution in [0.4, 0.5) is 0 Å². The normalized spacial score (nSPS) is 30.2. The number of amides is 1. The van der Waals surface area contributed by atoms with Gasteiger partial charge in [0, 0.05) is 23.7 Å². The molecule has 0 radical (unpaired) electrons. The molecule has 0 saturated carbocycles. The van der Waals surface area contributed by atoms with Crippen molar-refractivity contribution in [1.29, 1.82) is 0 Å². The Morgan fingerprint density at radius 3 is 2.45 bits per heavy atom. The number of nitrogens with one attached hydrogen (secondary N) is 2. The number of allylic oxidation sites excluding steroid dienone is 1. The molecule has 4 N–H and O–H groups in total. The Morgan fingerprint density at radius 2 is 1.91 bits per heavy atom. The van der Waals surface area contributed by atoms with Gasteiger partial charge in [-0.25, -0.2) is 5.84 Å². The molecule has 5 nitrogen and oxygen atoms in total. The molecule has 1 saturated heterocycles. The molecule has 2 heterocycles. The van der Waals surface area contributed by atoms with Gasteiger partial charge in [0.15, 0.2) is 0 Å². The first-order valence-corrected chi connectivity index (χ1v) is 8.12. The van der Waals surface area contributed by atoms with Crippen LogP contribution in [0.25, 0.3) is 0 Å². The summed E-state index contributed by atoms with van der Waals surface area (Å²) in [4.78, 5) is 16.1. The van der Waals surface area contributed by atoms with Gasteiger partial charge in [-0.2, -0.15) is 0 Å². The molecular weight excluding hydrogens is 276 g/mol. The first-order valence-electron chi connectivity index (χ1n) is 8.12. The lowest BCUT2D eigenvalue weighted by Gasteiger charge is -2.48. The van der Waals surface area contributed by atoms with Crippen LogP contribution in [-0.2, 0) is 4.79 Å². The van der Waals surface area contributed by atoms with Gasteiger partial charge in [0.1, 0.15) is 0 Å². The van der Waals surface area contributed by atoms with Crippen LogP contribution in [0.15, 0.2) is 16.6 Å². The molecule has 2 rings (SSSR count). The molecule has 1 amide bonds. The number of aliphatic imine (C=N–C) groups is 1. The van der Waals surface area contributed by atoms with Crippen LogP contribution < -0.4 is 16.6 Å². The fraction of sp³-hybridized carbons (Fsp3) is 0.765. The summed E-state index contributed by atoms with van der Waals surface area (Å²) in [5.41, 5.74) is 3.50. The molecule has 1 atom stereocenters. The molecule has 0 aromatic carbocycles. The Hall–Kier alpha value is -1.20. The highest BCUT2D eigenvalue weighted by Gasteiger charge is 2.43. The highest BCUT2D eigenvalue weighted by Crippen LogP contribution is 2.44. The topological polar surface area (TPSA) is 79.5 Å². The standard InChI is InChI=1S/C17H30N4O/c1-15(2)10-12(11-16(3,4)21-15)13-7-9-19-17(13,5)8-6-14(22)20-18/h7,9,12,21H,6,8,10-11,18H2,1-5H3,(H,20,22). The van der Waals surface area contributed by atoms with Crippen molar-refractivity contribution in [2.75, 3.05) is 0 Å². The number of hydrazine groups is 1. The summed E-state index contributed by atoms with van der Waals surface area (Å²) in [5, 5.41) is 3.72. The molecule has 124 valence electrons. The third kappa shape index (κ3) is 3.76. The summed E-state index contributed by atoms with van der Waals surface area (Å²) in [6, 6.07) is 0. The number of hydrogen-bond acceptors (Lipinski definition) is 4. The number of carbonyl (C=O) groups is 1. The first kappa shape index (κ1) is 17.2. The fourth-order valence-electron chi connectivity index (χ4n) is 4.29. The van der Waals surface area contributed by atoms with Crippen molar-refractivity contribution in [2.24, 2.45) is 16.8 Å². The third-order valence-electron chi connectivity index (χ3n) is 4.87. The van der Waals surface area contributed by atoms with Gasteiger partial charge in [0.05, 0.1) is 5.54 Å². The fourth-order valence-corrected chi connectivity index (χ4v) is 4.29. The summed E-state index contributed by atoms with van der Waals surface area (Å²) in [7, 11) is 0. The van der Waals surface area contributed by atoms with E-state index in [1.54, 1.807) is 0 Å². The lowest BCUT2D eigenvalue weighted by molar-refractivity contribution is -0.121. The van der Waals surface area contributed by atoms with Crippen LogP contribution in [0.5, 0.6) is 0 Å². The molecule has 5 heteroatoms. The largest absolute Gasteiger partial charge is 0.307 e. The molecule has 0 aromatic heterocycles. The van der Waals surface area contributed by atoms with E-state index in [0.717, 1.165) is 12.8 Å². The maximum absolute atomic E-state index is 11.5. The van der Waals surface area contributed by atoms with E-state index in [1.807, 2.05) is 6.21 Å². The van der Waals surface area contributed by atoms with E-state index in [1.165, 1.54) is 5.57 Å². The van der Waals surface area contributed by atoms with Crippen molar-refractivity contribution < 1.29 is 4.79 Å². The molecule has 1 fully saturated rings. The smallest absolute Gasteiger partial charge is 0.233 e. The van der Waals surface area contributed by atoms with Gasteiger partial charge < -0.3 is 5.32 Å². The SMILES string of the molecule is CC1(C)CC(C2=CC=NC2(C)CCC(=O)NN)CC(C)(C)N1. The Kier molecular flexibility index (Phi) is 4.51. The minimum absolute atomic E-state index is 0.103. The van der Waals surface area contributed by atoms with Crippen LogP contribution in [-0.4, -0.2) is 28.7 Å². The zero-order chi connectivity index (χ0) is 16.6. The van der Waals surface area contributed by atoms with Crippen LogP contribution in [0.3, 0.4) is 0 Å². The van der Waals surface area contributed by atoms with Crippen LogP contribution in [0.2, 0.25) is 0 Å². The number of hydrogen-bond donors (Lipinski definition) is 3. The first-order chi connectivity index (χ1) is 10.1. The molecule has 0 aliphatic carbocycles.